The Labute approximate surface area is 116 Å². The average Bonchev–Trinajstić information content (AvgIpc) is 2.70. The van der Waals surface area contributed by atoms with Crippen molar-refractivity contribution in [1.82, 2.24) is 14.8 Å². The third kappa shape index (κ3) is 2.90. The molecule has 0 bridgehead atoms. The van der Waals surface area contributed by atoms with Crippen molar-refractivity contribution in [2.45, 2.75) is 26.3 Å². The van der Waals surface area contributed by atoms with Gasteiger partial charge in [0.2, 0.25) is 0 Å². The van der Waals surface area contributed by atoms with Crippen LogP contribution in [0.1, 0.15) is 31.0 Å². The number of hydrogen-bond acceptors (Lipinski definition) is 3. The lowest BCUT2D eigenvalue weighted by Crippen LogP contribution is -2.03. The van der Waals surface area contributed by atoms with Crippen LogP contribution in [-0.4, -0.2) is 14.8 Å². The van der Waals surface area contributed by atoms with Gasteiger partial charge >= 0.3 is 0 Å². The van der Waals surface area contributed by atoms with Crippen LogP contribution in [0.5, 0.6) is 0 Å². The Kier molecular flexibility index (Phi) is 4.01. The van der Waals surface area contributed by atoms with Gasteiger partial charge in [-0.05, 0) is 34.0 Å². The van der Waals surface area contributed by atoms with Gasteiger partial charge in [-0.25, -0.2) is 4.98 Å². The molecule has 0 atom stereocenters. The van der Waals surface area contributed by atoms with E-state index in [4.69, 9.17) is 0 Å². The highest BCUT2D eigenvalue weighted by Gasteiger charge is 2.11. The second kappa shape index (κ2) is 5.52. The third-order valence-electron chi connectivity index (χ3n) is 2.71. The van der Waals surface area contributed by atoms with Crippen LogP contribution in [0.4, 0.5) is 5.69 Å². The average molecular weight is 309 g/mol. The number of anilines is 1. The van der Waals surface area contributed by atoms with Crippen molar-refractivity contribution in [1.29, 1.82) is 0 Å². The normalized spacial score (nSPS) is 10.9. The summed E-state index contributed by atoms with van der Waals surface area (Å²) in [7, 11) is 1.95. The maximum atomic E-state index is 4.49. The van der Waals surface area contributed by atoms with E-state index in [0.29, 0.717) is 5.92 Å². The number of aromatic nitrogens is 3. The minimum absolute atomic E-state index is 0.431. The van der Waals surface area contributed by atoms with Crippen molar-refractivity contribution in [3.05, 3.63) is 40.4 Å². The van der Waals surface area contributed by atoms with Crippen molar-refractivity contribution in [3.8, 4) is 0 Å². The Hall–Kier alpha value is -1.36. The summed E-state index contributed by atoms with van der Waals surface area (Å²) in [6.07, 6.45) is 3.82. The summed E-state index contributed by atoms with van der Waals surface area (Å²) in [5, 5.41) is 7.87. The van der Waals surface area contributed by atoms with Gasteiger partial charge in [-0.2, -0.15) is 5.10 Å². The van der Waals surface area contributed by atoms with E-state index < -0.39 is 0 Å². The minimum atomic E-state index is 0.431. The standard InChI is InChI=1S/C13H17BrN4/c1-9(2)12-10(8-18(3)17-12)7-16-11-5-4-6-15-13(11)14/h4-6,8-9,16H,7H2,1-3H3. The lowest BCUT2D eigenvalue weighted by Gasteiger charge is -2.09. The molecule has 2 aromatic rings. The van der Waals surface area contributed by atoms with E-state index in [1.807, 2.05) is 23.9 Å². The molecule has 0 aromatic carbocycles. The van der Waals surface area contributed by atoms with E-state index in [1.165, 1.54) is 5.56 Å². The molecule has 0 saturated carbocycles. The van der Waals surface area contributed by atoms with E-state index in [2.05, 4.69) is 51.4 Å². The summed E-state index contributed by atoms with van der Waals surface area (Å²) < 4.78 is 2.70. The summed E-state index contributed by atoms with van der Waals surface area (Å²) in [6.45, 7) is 5.07. The lowest BCUT2D eigenvalue weighted by atomic mass is 10.1. The van der Waals surface area contributed by atoms with E-state index in [9.17, 15) is 0 Å². The fourth-order valence-electron chi connectivity index (χ4n) is 1.89. The number of nitrogens with zero attached hydrogens (tertiary/aromatic N) is 3. The maximum Gasteiger partial charge on any atom is 0.129 e. The number of pyridine rings is 1. The van der Waals surface area contributed by atoms with Gasteiger partial charge < -0.3 is 5.32 Å². The Morgan fingerprint density at radius 3 is 2.89 bits per heavy atom. The lowest BCUT2D eigenvalue weighted by molar-refractivity contribution is 0.712. The van der Waals surface area contributed by atoms with Crippen LogP contribution < -0.4 is 5.32 Å². The van der Waals surface area contributed by atoms with Crippen LogP contribution in [0, 0.1) is 0 Å². The maximum absolute atomic E-state index is 4.49. The summed E-state index contributed by atoms with van der Waals surface area (Å²) in [6, 6.07) is 3.92. The predicted molar refractivity (Wildman–Crippen MR) is 76.6 cm³/mol. The van der Waals surface area contributed by atoms with Crippen molar-refractivity contribution >= 4 is 21.6 Å². The molecule has 2 heterocycles. The summed E-state index contributed by atoms with van der Waals surface area (Å²) in [4.78, 5) is 4.19. The highest BCUT2D eigenvalue weighted by molar-refractivity contribution is 9.10. The number of hydrogen-bond donors (Lipinski definition) is 1. The first-order chi connectivity index (χ1) is 8.58. The van der Waals surface area contributed by atoms with Crippen LogP contribution >= 0.6 is 15.9 Å². The van der Waals surface area contributed by atoms with Crippen molar-refractivity contribution < 1.29 is 0 Å². The Morgan fingerprint density at radius 2 is 2.22 bits per heavy atom. The number of halogens is 1. The molecular weight excluding hydrogens is 292 g/mol. The van der Waals surface area contributed by atoms with Crippen LogP contribution in [0.15, 0.2) is 29.1 Å². The largest absolute Gasteiger partial charge is 0.379 e. The highest BCUT2D eigenvalue weighted by atomic mass is 79.9. The molecule has 0 unspecified atom stereocenters. The molecule has 18 heavy (non-hydrogen) atoms. The van der Waals surface area contributed by atoms with Gasteiger partial charge in [-0.1, -0.05) is 13.8 Å². The summed E-state index contributed by atoms with van der Waals surface area (Å²) in [5.41, 5.74) is 3.37. The second-order valence-corrected chi connectivity index (χ2v) is 5.31. The monoisotopic (exact) mass is 308 g/mol. The van der Waals surface area contributed by atoms with Gasteiger partial charge in [0.1, 0.15) is 4.60 Å². The van der Waals surface area contributed by atoms with Crippen molar-refractivity contribution in [3.63, 3.8) is 0 Å². The Balaban J connectivity index is 2.13. The smallest absolute Gasteiger partial charge is 0.129 e. The van der Waals surface area contributed by atoms with Gasteiger partial charge in [0.15, 0.2) is 0 Å². The molecular formula is C13H17BrN4. The Morgan fingerprint density at radius 1 is 1.44 bits per heavy atom. The van der Waals surface area contributed by atoms with Crippen LogP contribution in [-0.2, 0) is 13.6 Å². The highest BCUT2D eigenvalue weighted by Crippen LogP contribution is 2.22. The molecule has 1 N–H and O–H groups in total. The zero-order valence-corrected chi connectivity index (χ0v) is 12.4. The molecule has 0 aliphatic rings. The second-order valence-electron chi connectivity index (χ2n) is 4.56. The van der Waals surface area contributed by atoms with Crippen molar-refractivity contribution in [2.75, 3.05) is 5.32 Å². The molecule has 0 amide bonds. The van der Waals surface area contributed by atoms with Gasteiger partial charge in [-0.3, -0.25) is 4.68 Å². The first-order valence-electron chi connectivity index (χ1n) is 5.94. The fourth-order valence-corrected chi connectivity index (χ4v) is 2.28. The van der Waals surface area contributed by atoms with Gasteiger partial charge in [0.05, 0.1) is 11.4 Å². The van der Waals surface area contributed by atoms with Gasteiger partial charge in [-0.15, -0.1) is 0 Å². The first-order valence-corrected chi connectivity index (χ1v) is 6.74. The molecule has 4 nitrogen and oxygen atoms in total. The van der Waals surface area contributed by atoms with Crippen molar-refractivity contribution in [2.24, 2.45) is 7.05 Å². The molecule has 96 valence electrons. The topological polar surface area (TPSA) is 42.7 Å². The number of rotatable bonds is 4. The van der Waals surface area contributed by atoms with Gasteiger partial charge in [0, 0.05) is 31.5 Å². The van der Waals surface area contributed by atoms with E-state index >= 15 is 0 Å². The van der Waals surface area contributed by atoms with E-state index in [0.717, 1.165) is 22.5 Å². The fraction of sp³-hybridized carbons (Fsp3) is 0.385. The molecule has 0 aliphatic heterocycles. The van der Waals surface area contributed by atoms with Crippen LogP contribution in [0.3, 0.4) is 0 Å². The molecule has 0 spiro atoms. The SMILES string of the molecule is CC(C)c1nn(C)cc1CNc1cccnc1Br. The molecule has 2 rings (SSSR count). The summed E-state index contributed by atoms with van der Waals surface area (Å²) in [5.74, 6) is 0.431. The molecule has 0 fully saturated rings. The van der Waals surface area contributed by atoms with Crippen LogP contribution in [0.25, 0.3) is 0 Å². The quantitative estimate of drug-likeness (QED) is 0.881. The Bertz CT molecular complexity index is 534. The zero-order valence-electron chi connectivity index (χ0n) is 10.8. The summed E-state index contributed by atoms with van der Waals surface area (Å²) >= 11 is 3.43. The third-order valence-corrected chi connectivity index (χ3v) is 3.34. The van der Waals surface area contributed by atoms with E-state index in [1.54, 1.807) is 6.20 Å². The predicted octanol–water partition coefficient (Wildman–Crippen LogP) is 3.31. The number of aryl methyl sites for hydroxylation is 1. The molecule has 0 radical (unpaired) electrons. The molecule has 5 heteroatoms. The zero-order chi connectivity index (χ0) is 13.1. The minimum Gasteiger partial charge on any atom is -0.379 e. The molecule has 0 aliphatic carbocycles. The number of nitrogens with one attached hydrogen (secondary N) is 1. The molecule has 2 aromatic heterocycles. The van der Waals surface area contributed by atoms with Gasteiger partial charge in [0.25, 0.3) is 0 Å². The van der Waals surface area contributed by atoms with E-state index in [-0.39, 0.29) is 0 Å². The first kappa shape index (κ1) is 13.1. The van der Waals surface area contributed by atoms with Crippen LogP contribution in [0.2, 0.25) is 0 Å². The molecule has 0 saturated heterocycles.